The molecule has 1 aromatic carbocycles. The second kappa shape index (κ2) is 7.68. The van der Waals surface area contributed by atoms with Gasteiger partial charge in [-0.3, -0.25) is 9.59 Å². The summed E-state index contributed by atoms with van der Waals surface area (Å²) in [5.74, 6) is -0.0352. The van der Waals surface area contributed by atoms with Gasteiger partial charge in [0.1, 0.15) is 0 Å². The Labute approximate surface area is 129 Å². The van der Waals surface area contributed by atoms with Gasteiger partial charge in [-0.15, -0.1) is 0 Å². The zero-order chi connectivity index (χ0) is 15.9. The number of benzene rings is 1. The average Bonchev–Trinajstić information content (AvgIpc) is 2.94. The summed E-state index contributed by atoms with van der Waals surface area (Å²) in [5.41, 5.74) is 0.881. The summed E-state index contributed by atoms with van der Waals surface area (Å²) in [6.07, 6.45) is 0.384. The molecule has 1 atom stereocenters. The van der Waals surface area contributed by atoms with Gasteiger partial charge in [0, 0.05) is 0 Å². The molecule has 1 unspecified atom stereocenters. The van der Waals surface area contributed by atoms with Gasteiger partial charge in [-0.05, 0) is 38.0 Å². The van der Waals surface area contributed by atoms with E-state index in [1.54, 1.807) is 19.9 Å². The van der Waals surface area contributed by atoms with Crippen LogP contribution in [0.2, 0.25) is 0 Å². The van der Waals surface area contributed by atoms with Crippen molar-refractivity contribution in [1.82, 2.24) is 0 Å². The summed E-state index contributed by atoms with van der Waals surface area (Å²) in [4.78, 5) is 23.7. The first-order chi connectivity index (χ1) is 10.6. The van der Waals surface area contributed by atoms with Gasteiger partial charge in [-0.25, -0.2) is 0 Å². The third-order valence-corrected chi connectivity index (χ3v) is 3.26. The molecule has 22 heavy (non-hydrogen) atoms. The molecule has 1 aromatic rings. The van der Waals surface area contributed by atoms with E-state index in [0.717, 1.165) is 5.56 Å². The summed E-state index contributed by atoms with van der Waals surface area (Å²) in [5, 5.41) is 0. The van der Waals surface area contributed by atoms with Crippen molar-refractivity contribution in [1.29, 1.82) is 0 Å². The van der Waals surface area contributed by atoms with Crippen molar-refractivity contribution < 1.29 is 28.5 Å². The monoisotopic (exact) mass is 308 g/mol. The molecule has 6 nitrogen and oxygen atoms in total. The van der Waals surface area contributed by atoms with Gasteiger partial charge < -0.3 is 18.9 Å². The lowest BCUT2D eigenvalue weighted by atomic mass is 9.96. The Morgan fingerprint density at radius 1 is 1.14 bits per heavy atom. The first kappa shape index (κ1) is 16.1. The first-order valence-corrected chi connectivity index (χ1v) is 7.34. The predicted octanol–water partition coefficient (Wildman–Crippen LogP) is 2.09. The Balaban J connectivity index is 2.07. The molecular weight excluding hydrogens is 288 g/mol. The van der Waals surface area contributed by atoms with Gasteiger partial charge in [0.25, 0.3) is 0 Å². The highest BCUT2D eigenvalue weighted by atomic mass is 16.7. The fraction of sp³-hybridized carbons (Fsp3) is 0.500. The normalized spacial score (nSPS) is 13.5. The zero-order valence-electron chi connectivity index (χ0n) is 12.8. The van der Waals surface area contributed by atoms with Crippen LogP contribution in [-0.4, -0.2) is 31.9 Å². The van der Waals surface area contributed by atoms with Crippen LogP contribution in [0.4, 0.5) is 0 Å². The van der Waals surface area contributed by atoms with E-state index in [1.807, 2.05) is 12.1 Å². The van der Waals surface area contributed by atoms with Crippen molar-refractivity contribution in [3.63, 3.8) is 0 Å². The van der Waals surface area contributed by atoms with Crippen molar-refractivity contribution >= 4 is 11.9 Å². The van der Waals surface area contributed by atoms with Gasteiger partial charge in [0.15, 0.2) is 11.5 Å². The lowest BCUT2D eigenvalue weighted by Gasteiger charge is -2.15. The molecule has 2 rings (SSSR count). The van der Waals surface area contributed by atoms with E-state index < -0.39 is 17.9 Å². The van der Waals surface area contributed by atoms with Crippen LogP contribution in [-0.2, 0) is 25.5 Å². The maximum absolute atomic E-state index is 12.0. The van der Waals surface area contributed by atoms with Gasteiger partial charge in [-0.1, -0.05) is 6.07 Å². The van der Waals surface area contributed by atoms with E-state index in [0.29, 0.717) is 24.5 Å². The van der Waals surface area contributed by atoms with Crippen molar-refractivity contribution in [3.8, 4) is 11.5 Å². The van der Waals surface area contributed by atoms with Crippen LogP contribution in [0.15, 0.2) is 18.2 Å². The predicted molar refractivity (Wildman–Crippen MR) is 77.6 cm³/mol. The minimum absolute atomic E-state index is 0.00111. The van der Waals surface area contributed by atoms with Gasteiger partial charge in [-0.2, -0.15) is 0 Å². The maximum Gasteiger partial charge on any atom is 0.309 e. The zero-order valence-corrected chi connectivity index (χ0v) is 12.8. The third-order valence-electron chi connectivity index (χ3n) is 3.26. The molecule has 6 heteroatoms. The van der Waals surface area contributed by atoms with Crippen LogP contribution in [0.5, 0.6) is 11.5 Å². The molecule has 0 amide bonds. The smallest absolute Gasteiger partial charge is 0.309 e. The second-order valence-corrected chi connectivity index (χ2v) is 4.85. The van der Waals surface area contributed by atoms with E-state index in [2.05, 4.69) is 0 Å². The molecule has 0 aromatic heterocycles. The molecule has 1 aliphatic heterocycles. The molecule has 0 aliphatic carbocycles. The molecule has 0 bridgehead atoms. The molecular formula is C16H20O6. The van der Waals surface area contributed by atoms with Crippen LogP contribution >= 0.6 is 0 Å². The minimum atomic E-state index is -0.570. The Morgan fingerprint density at radius 2 is 1.86 bits per heavy atom. The average molecular weight is 308 g/mol. The van der Waals surface area contributed by atoms with Crippen molar-refractivity contribution in [3.05, 3.63) is 23.8 Å². The molecule has 120 valence electrons. The highest BCUT2D eigenvalue weighted by Gasteiger charge is 2.25. The Hall–Kier alpha value is -2.24. The van der Waals surface area contributed by atoms with Crippen LogP contribution in [0.3, 0.4) is 0 Å². The molecule has 0 saturated heterocycles. The lowest BCUT2D eigenvalue weighted by Crippen LogP contribution is -2.24. The molecule has 1 heterocycles. The quantitative estimate of drug-likeness (QED) is 0.718. The standard InChI is InChI=1S/C16H20O6/c1-3-19-15(17)9-12(16(18)20-4-2)7-11-5-6-13-14(8-11)22-10-21-13/h5-6,8,12H,3-4,7,9-10H2,1-2H3. The van der Waals surface area contributed by atoms with Gasteiger partial charge in [0.05, 0.1) is 25.6 Å². The van der Waals surface area contributed by atoms with Crippen molar-refractivity contribution in [2.75, 3.05) is 20.0 Å². The number of carbonyl (C=O) groups excluding carboxylic acids is 2. The van der Waals surface area contributed by atoms with E-state index in [4.69, 9.17) is 18.9 Å². The lowest BCUT2D eigenvalue weighted by molar-refractivity contribution is -0.154. The van der Waals surface area contributed by atoms with E-state index >= 15 is 0 Å². The number of rotatable bonds is 7. The van der Waals surface area contributed by atoms with Crippen molar-refractivity contribution in [2.45, 2.75) is 26.7 Å². The Bertz CT molecular complexity index is 539. The SMILES string of the molecule is CCOC(=O)CC(Cc1ccc2c(c1)OCO2)C(=O)OCC. The fourth-order valence-corrected chi connectivity index (χ4v) is 2.27. The Kier molecular flexibility index (Phi) is 5.63. The summed E-state index contributed by atoms with van der Waals surface area (Å²) >= 11 is 0. The molecule has 0 spiro atoms. The highest BCUT2D eigenvalue weighted by molar-refractivity contribution is 5.80. The third kappa shape index (κ3) is 4.13. The molecule has 0 N–H and O–H groups in total. The van der Waals surface area contributed by atoms with Crippen LogP contribution in [0.25, 0.3) is 0 Å². The summed E-state index contributed by atoms with van der Waals surface area (Å²) in [6.45, 7) is 4.23. The summed E-state index contributed by atoms with van der Waals surface area (Å²) in [6, 6.07) is 5.47. The van der Waals surface area contributed by atoms with Crippen LogP contribution in [0.1, 0.15) is 25.8 Å². The molecule has 1 aliphatic rings. The molecule has 0 saturated carbocycles. The van der Waals surface area contributed by atoms with Crippen LogP contribution < -0.4 is 9.47 Å². The number of hydrogen-bond donors (Lipinski definition) is 0. The summed E-state index contributed by atoms with van der Waals surface area (Å²) < 4.78 is 20.5. The highest BCUT2D eigenvalue weighted by Crippen LogP contribution is 2.33. The first-order valence-electron chi connectivity index (χ1n) is 7.34. The molecule has 0 fully saturated rings. The number of hydrogen-bond acceptors (Lipinski definition) is 6. The summed E-state index contributed by atoms with van der Waals surface area (Å²) in [7, 11) is 0. The largest absolute Gasteiger partial charge is 0.466 e. The van der Waals surface area contributed by atoms with Gasteiger partial charge in [0.2, 0.25) is 6.79 Å². The number of esters is 2. The molecule has 0 radical (unpaired) electrons. The van der Waals surface area contributed by atoms with Crippen molar-refractivity contribution in [2.24, 2.45) is 5.92 Å². The van der Waals surface area contributed by atoms with Crippen LogP contribution in [0, 0.1) is 5.92 Å². The topological polar surface area (TPSA) is 71.1 Å². The number of carbonyl (C=O) groups is 2. The van der Waals surface area contributed by atoms with E-state index in [9.17, 15) is 9.59 Å². The van der Waals surface area contributed by atoms with Gasteiger partial charge >= 0.3 is 11.9 Å². The minimum Gasteiger partial charge on any atom is -0.466 e. The number of ether oxygens (including phenoxy) is 4. The van der Waals surface area contributed by atoms with E-state index in [1.165, 1.54) is 0 Å². The second-order valence-electron chi connectivity index (χ2n) is 4.85. The van der Waals surface area contributed by atoms with E-state index in [-0.39, 0.29) is 19.8 Å². The maximum atomic E-state index is 12.0. The number of fused-ring (bicyclic) bond motifs is 1. The Morgan fingerprint density at radius 3 is 2.59 bits per heavy atom. The fourth-order valence-electron chi connectivity index (χ4n) is 2.27.